The Kier molecular flexibility index (Phi) is 6.82. The number of thioether (sulfide) groups is 1. The maximum atomic E-state index is 12.5. The first-order valence-electron chi connectivity index (χ1n) is 10.5. The summed E-state index contributed by atoms with van der Waals surface area (Å²) in [5, 5.41) is 5.44. The highest BCUT2D eigenvalue weighted by Crippen LogP contribution is 2.35. The summed E-state index contributed by atoms with van der Waals surface area (Å²) in [6.07, 6.45) is 2.33. The van der Waals surface area contributed by atoms with Crippen molar-refractivity contribution in [3.63, 3.8) is 0 Å². The molecule has 2 saturated heterocycles. The van der Waals surface area contributed by atoms with Crippen molar-refractivity contribution < 1.29 is 19.1 Å². The molecule has 4 rings (SSSR count). The number of nitrogens with one attached hydrogen (secondary N) is 2. The van der Waals surface area contributed by atoms with Gasteiger partial charge in [-0.3, -0.25) is 14.5 Å². The van der Waals surface area contributed by atoms with Crippen LogP contribution in [-0.4, -0.2) is 61.5 Å². The van der Waals surface area contributed by atoms with Gasteiger partial charge in [-0.25, -0.2) is 4.79 Å². The lowest BCUT2D eigenvalue weighted by atomic mass is 10.2. The fraction of sp³-hybridized carbons (Fsp3) is 0.476. The Balaban J connectivity index is 1.42. The number of ether oxygens (including phenoxy) is 1. The highest BCUT2D eigenvalue weighted by molar-refractivity contribution is 8.06. The van der Waals surface area contributed by atoms with Crippen molar-refractivity contribution in [1.29, 1.82) is 0 Å². The Morgan fingerprint density at radius 1 is 1.34 bits per heavy atom. The minimum Gasteiger partial charge on any atom is -0.442 e. The standard InChI is InChI=1S/C21H26ClN5O4S/c1-12(28)25-16-8-14(2-3-17(16)26-7-6-13(23)10-26)27-11-15(31-21(27)30)9-24-20(29)18-4-5-19(22)32-18/h2-3,5,8,13,15,18H,4,6-7,9-11,23H2,1H3,(H,24,29)(H,25,28). The summed E-state index contributed by atoms with van der Waals surface area (Å²) in [4.78, 5) is 40.2. The van der Waals surface area contributed by atoms with E-state index in [-0.39, 0.29) is 29.7 Å². The van der Waals surface area contributed by atoms with Crippen molar-refractivity contribution in [3.05, 3.63) is 28.6 Å². The van der Waals surface area contributed by atoms with Gasteiger partial charge < -0.3 is 26.0 Å². The summed E-state index contributed by atoms with van der Waals surface area (Å²) >= 11 is 7.24. The van der Waals surface area contributed by atoms with Crippen LogP contribution in [0.4, 0.5) is 21.9 Å². The first-order chi connectivity index (χ1) is 15.3. The molecule has 172 valence electrons. The van der Waals surface area contributed by atoms with Crippen molar-refractivity contribution in [2.45, 2.75) is 37.2 Å². The van der Waals surface area contributed by atoms with Crippen LogP contribution >= 0.6 is 23.4 Å². The molecule has 4 N–H and O–H groups in total. The minimum absolute atomic E-state index is 0.0961. The number of halogens is 1. The van der Waals surface area contributed by atoms with E-state index in [4.69, 9.17) is 22.1 Å². The topological polar surface area (TPSA) is 117 Å². The highest BCUT2D eigenvalue weighted by atomic mass is 35.5. The van der Waals surface area contributed by atoms with Crippen molar-refractivity contribution in [2.75, 3.05) is 41.3 Å². The van der Waals surface area contributed by atoms with E-state index >= 15 is 0 Å². The maximum absolute atomic E-state index is 12.5. The zero-order valence-electron chi connectivity index (χ0n) is 17.7. The molecule has 0 radical (unpaired) electrons. The van der Waals surface area contributed by atoms with Crippen molar-refractivity contribution in [2.24, 2.45) is 5.73 Å². The quantitative estimate of drug-likeness (QED) is 0.572. The molecule has 9 nitrogen and oxygen atoms in total. The lowest BCUT2D eigenvalue weighted by molar-refractivity contribution is -0.120. The van der Waals surface area contributed by atoms with Gasteiger partial charge in [0, 0.05) is 31.7 Å². The smallest absolute Gasteiger partial charge is 0.414 e. The van der Waals surface area contributed by atoms with E-state index in [1.54, 1.807) is 6.07 Å². The second-order valence-electron chi connectivity index (χ2n) is 8.09. The number of carbonyl (C=O) groups is 3. The molecule has 0 aliphatic carbocycles. The molecule has 0 aromatic heterocycles. The molecule has 2 fully saturated rings. The summed E-state index contributed by atoms with van der Waals surface area (Å²) in [5.74, 6) is -0.326. The first-order valence-corrected chi connectivity index (χ1v) is 11.8. The van der Waals surface area contributed by atoms with Crippen molar-refractivity contribution in [1.82, 2.24) is 5.32 Å². The van der Waals surface area contributed by atoms with Gasteiger partial charge in [0.25, 0.3) is 0 Å². The SMILES string of the molecule is CC(=O)Nc1cc(N2CC(CNC(=O)C3CC=C(Cl)S3)OC2=O)ccc1N1CCC(N)C1. The molecule has 1 aromatic rings. The Hall–Kier alpha value is -2.43. The second-order valence-corrected chi connectivity index (χ2v) is 9.97. The molecular weight excluding hydrogens is 454 g/mol. The number of nitrogens with zero attached hydrogens (tertiary/aromatic N) is 2. The van der Waals surface area contributed by atoms with Crippen LogP contribution in [-0.2, 0) is 14.3 Å². The predicted octanol–water partition coefficient (Wildman–Crippen LogP) is 2.21. The van der Waals surface area contributed by atoms with Crippen LogP contribution in [0.5, 0.6) is 0 Å². The van der Waals surface area contributed by atoms with Gasteiger partial charge in [-0.15, -0.1) is 11.8 Å². The zero-order chi connectivity index (χ0) is 22.8. The van der Waals surface area contributed by atoms with E-state index in [1.807, 2.05) is 18.2 Å². The third kappa shape index (κ3) is 5.13. The van der Waals surface area contributed by atoms with Gasteiger partial charge in [0.15, 0.2) is 0 Å². The molecule has 3 aliphatic heterocycles. The van der Waals surface area contributed by atoms with Gasteiger partial charge >= 0.3 is 6.09 Å². The summed E-state index contributed by atoms with van der Waals surface area (Å²) in [5.41, 5.74) is 8.14. The number of cyclic esters (lactones) is 1. The Labute approximate surface area is 195 Å². The van der Waals surface area contributed by atoms with E-state index in [0.29, 0.717) is 35.2 Å². The summed E-state index contributed by atoms with van der Waals surface area (Å²) < 4.78 is 6.06. The molecule has 3 aliphatic rings. The fourth-order valence-corrected chi connectivity index (χ4v) is 5.28. The average Bonchev–Trinajstić information content (AvgIpc) is 3.46. The van der Waals surface area contributed by atoms with Crippen LogP contribution in [0.25, 0.3) is 0 Å². The Morgan fingerprint density at radius 2 is 2.16 bits per heavy atom. The number of anilines is 3. The second kappa shape index (κ2) is 9.60. The van der Waals surface area contributed by atoms with Gasteiger partial charge in [0.2, 0.25) is 11.8 Å². The highest BCUT2D eigenvalue weighted by Gasteiger charge is 2.34. The Morgan fingerprint density at radius 3 is 2.81 bits per heavy atom. The van der Waals surface area contributed by atoms with Crippen LogP contribution in [0.2, 0.25) is 0 Å². The van der Waals surface area contributed by atoms with Crippen LogP contribution in [0, 0.1) is 0 Å². The lowest BCUT2D eigenvalue weighted by Gasteiger charge is -2.24. The molecule has 11 heteroatoms. The maximum Gasteiger partial charge on any atom is 0.414 e. The molecule has 3 unspecified atom stereocenters. The van der Waals surface area contributed by atoms with E-state index < -0.39 is 12.2 Å². The fourth-order valence-electron chi connectivity index (χ4n) is 4.02. The Bertz CT molecular complexity index is 958. The van der Waals surface area contributed by atoms with Gasteiger partial charge in [0.05, 0.1) is 34.1 Å². The molecule has 3 amide bonds. The largest absolute Gasteiger partial charge is 0.442 e. The van der Waals surface area contributed by atoms with Crippen LogP contribution in [0.15, 0.2) is 28.6 Å². The molecular formula is C21H26ClN5O4S. The first kappa shape index (κ1) is 22.8. The molecule has 32 heavy (non-hydrogen) atoms. The third-order valence-corrected chi connectivity index (χ3v) is 7.09. The number of hydrogen-bond donors (Lipinski definition) is 3. The predicted molar refractivity (Wildman–Crippen MR) is 126 cm³/mol. The van der Waals surface area contributed by atoms with Crippen molar-refractivity contribution >= 4 is 58.3 Å². The number of benzene rings is 1. The number of allylic oxidation sites excluding steroid dienone is 1. The van der Waals surface area contributed by atoms with E-state index in [2.05, 4.69) is 15.5 Å². The number of carbonyl (C=O) groups excluding carboxylic acids is 3. The summed E-state index contributed by atoms with van der Waals surface area (Å²) in [7, 11) is 0. The normalized spacial score (nSPS) is 25.0. The molecule has 0 spiro atoms. The number of amides is 3. The molecule has 0 bridgehead atoms. The molecule has 1 aromatic carbocycles. The number of hydrogen-bond acceptors (Lipinski definition) is 7. The van der Waals surface area contributed by atoms with Gasteiger partial charge in [0.1, 0.15) is 6.10 Å². The van der Waals surface area contributed by atoms with Gasteiger partial charge in [-0.2, -0.15) is 0 Å². The zero-order valence-corrected chi connectivity index (χ0v) is 19.2. The number of nitrogens with two attached hydrogens (primary N) is 1. The van der Waals surface area contributed by atoms with Crippen LogP contribution in [0.3, 0.4) is 0 Å². The van der Waals surface area contributed by atoms with Gasteiger partial charge in [-0.1, -0.05) is 17.7 Å². The van der Waals surface area contributed by atoms with Crippen molar-refractivity contribution in [3.8, 4) is 0 Å². The summed E-state index contributed by atoms with van der Waals surface area (Å²) in [6.45, 7) is 3.47. The monoisotopic (exact) mass is 479 g/mol. The van der Waals surface area contributed by atoms with Crippen LogP contribution in [0.1, 0.15) is 19.8 Å². The third-order valence-electron chi connectivity index (χ3n) is 5.59. The van der Waals surface area contributed by atoms with Crippen LogP contribution < -0.4 is 26.2 Å². The number of rotatable bonds is 6. The minimum atomic E-state index is -0.492. The average molecular weight is 480 g/mol. The molecule has 0 saturated carbocycles. The van der Waals surface area contributed by atoms with E-state index in [9.17, 15) is 14.4 Å². The lowest BCUT2D eigenvalue weighted by Crippen LogP contribution is -2.38. The van der Waals surface area contributed by atoms with E-state index in [0.717, 1.165) is 18.7 Å². The summed E-state index contributed by atoms with van der Waals surface area (Å²) in [6, 6.07) is 5.58. The molecule has 3 heterocycles. The molecule has 3 atom stereocenters. The van der Waals surface area contributed by atoms with Gasteiger partial charge in [-0.05, 0) is 31.0 Å². The van der Waals surface area contributed by atoms with E-state index in [1.165, 1.54) is 23.6 Å².